The molecule has 0 amide bonds. The maximum atomic E-state index is 9.08. The molecule has 1 heterocycles. The Labute approximate surface area is 77.0 Å². The van der Waals surface area contributed by atoms with Crippen molar-refractivity contribution in [2.75, 3.05) is 0 Å². The Morgan fingerprint density at radius 1 is 1.62 bits per heavy atom. The molecule has 0 bridgehead atoms. The topological polar surface area (TPSA) is 59.2 Å². The minimum absolute atomic E-state index is 0.408. The molecule has 1 aromatic rings. The summed E-state index contributed by atoms with van der Waals surface area (Å²) < 4.78 is 4.98. The molecule has 0 aromatic carbocycles. The monoisotopic (exact) mass is 182 g/mol. The maximum Gasteiger partial charge on any atom is 0.229 e. The van der Waals surface area contributed by atoms with Crippen LogP contribution < -0.4 is 0 Å². The smallest absolute Gasteiger partial charge is 0.229 e. The van der Waals surface area contributed by atoms with E-state index < -0.39 is 6.10 Å². The third-order valence-electron chi connectivity index (χ3n) is 2.15. The van der Waals surface area contributed by atoms with Crippen LogP contribution >= 0.6 is 0 Å². The highest BCUT2D eigenvalue weighted by Gasteiger charge is 2.24. The van der Waals surface area contributed by atoms with Gasteiger partial charge in [0.1, 0.15) is 0 Å². The summed E-state index contributed by atoms with van der Waals surface area (Å²) in [6, 6.07) is 0. The Kier molecular flexibility index (Phi) is 2.31. The van der Waals surface area contributed by atoms with Crippen molar-refractivity contribution in [1.82, 2.24) is 10.1 Å². The Hall–Kier alpha value is -0.900. The lowest BCUT2D eigenvalue weighted by atomic mass is 10.3. The Morgan fingerprint density at radius 3 is 3.00 bits per heavy atom. The van der Waals surface area contributed by atoms with Gasteiger partial charge in [-0.05, 0) is 25.7 Å². The van der Waals surface area contributed by atoms with Crippen LogP contribution in [-0.4, -0.2) is 21.4 Å². The van der Waals surface area contributed by atoms with Crippen molar-refractivity contribution in [2.45, 2.75) is 38.7 Å². The largest absolute Gasteiger partial charge is 0.393 e. The summed E-state index contributed by atoms with van der Waals surface area (Å²) in [5.41, 5.74) is 0. The Morgan fingerprint density at radius 2 is 2.38 bits per heavy atom. The number of hydrogen-bond donors (Lipinski definition) is 1. The molecular formula is C9H14N2O2. The molecule has 0 radical (unpaired) electrons. The van der Waals surface area contributed by atoms with Crippen LogP contribution in [-0.2, 0) is 12.8 Å². The molecule has 1 aliphatic carbocycles. The standard InChI is InChI=1S/C9H14N2O2/c1-6(12)4-9-10-8(11-13-9)5-7-2-3-7/h6-7,12H,2-5H2,1H3. The van der Waals surface area contributed by atoms with E-state index in [4.69, 9.17) is 9.63 Å². The highest BCUT2D eigenvalue weighted by molar-refractivity contribution is 4.92. The van der Waals surface area contributed by atoms with Crippen LogP contribution in [0.25, 0.3) is 0 Å². The molecule has 1 atom stereocenters. The quantitative estimate of drug-likeness (QED) is 0.753. The first-order valence-corrected chi connectivity index (χ1v) is 4.73. The van der Waals surface area contributed by atoms with Crippen molar-refractivity contribution in [2.24, 2.45) is 5.92 Å². The van der Waals surface area contributed by atoms with Crippen LogP contribution in [0.15, 0.2) is 4.52 Å². The van der Waals surface area contributed by atoms with E-state index in [9.17, 15) is 0 Å². The zero-order valence-corrected chi connectivity index (χ0v) is 7.73. The fourth-order valence-corrected chi connectivity index (χ4v) is 1.29. The second-order valence-electron chi connectivity index (χ2n) is 3.80. The van der Waals surface area contributed by atoms with Gasteiger partial charge in [0.25, 0.3) is 0 Å². The van der Waals surface area contributed by atoms with Crippen LogP contribution in [0.4, 0.5) is 0 Å². The van der Waals surface area contributed by atoms with Gasteiger partial charge in [-0.25, -0.2) is 0 Å². The predicted octanol–water partition coefficient (Wildman–Crippen LogP) is 0.945. The molecule has 1 saturated carbocycles. The van der Waals surface area contributed by atoms with Crippen LogP contribution in [0.5, 0.6) is 0 Å². The molecule has 2 rings (SSSR count). The van der Waals surface area contributed by atoms with E-state index in [-0.39, 0.29) is 0 Å². The molecule has 1 unspecified atom stereocenters. The average Bonchev–Trinajstić information content (AvgIpc) is 2.73. The fourth-order valence-electron chi connectivity index (χ4n) is 1.29. The van der Waals surface area contributed by atoms with E-state index in [1.165, 1.54) is 12.8 Å². The number of aliphatic hydroxyl groups is 1. The molecule has 0 aliphatic heterocycles. The van der Waals surface area contributed by atoms with Gasteiger partial charge in [-0.15, -0.1) is 0 Å². The molecule has 1 fully saturated rings. The molecule has 0 saturated heterocycles. The summed E-state index contributed by atoms with van der Waals surface area (Å²) in [4.78, 5) is 4.19. The summed E-state index contributed by atoms with van der Waals surface area (Å²) in [5.74, 6) is 2.11. The SMILES string of the molecule is CC(O)Cc1nc(CC2CC2)no1. The van der Waals surface area contributed by atoms with Gasteiger partial charge in [-0.2, -0.15) is 4.98 Å². The summed E-state index contributed by atoms with van der Waals surface area (Å²) in [5, 5.41) is 12.9. The van der Waals surface area contributed by atoms with E-state index in [0.717, 1.165) is 18.2 Å². The summed E-state index contributed by atoms with van der Waals surface area (Å²) in [7, 11) is 0. The average molecular weight is 182 g/mol. The molecule has 72 valence electrons. The number of rotatable bonds is 4. The lowest BCUT2D eigenvalue weighted by Crippen LogP contribution is -2.04. The second kappa shape index (κ2) is 3.46. The van der Waals surface area contributed by atoms with Crippen LogP contribution in [0.2, 0.25) is 0 Å². The van der Waals surface area contributed by atoms with Gasteiger partial charge in [-0.1, -0.05) is 5.16 Å². The van der Waals surface area contributed by atoms with Crippen molar-refractivity contribution < 1.29 is 9.63 Å². The number of nitrogens with zero attached hydrogens (tertiary/aromatic N) is 2. The molecular weight excluding hydrogens is 168 g/mol. The highest BCUT2D eigenvalue weighted by Crippen LogP contribution is 2.31. The van der Waals surface area contributed by atoms with E-state index in [1.54, 1.807) is 6.92 Å². The molecule has 1 aliphatic rings. The zero-order chi connectivity index (χ0) is 9.26. The molecule has 1 aromatic heterocycles. The molecule has 13 heavy (non-hydrogen) atoms. The molecule has 4 heteroatoms. The first-order chi connectivity index (χ1) is 6.24. The van der Waals surface area contributed by atoms with Crippen molar-refractivity contribution in [3.05, 3.63) is 11.7 Å². The van der Waals surface area contributed by atoms with Gasteiger partial charge < -0.3 is 9.63 Å². The van der Waals surface area contributed by atoms with Crippen LogP contribution in [0, 0.1) is 5.92 Å². The third kappa shape index (κ3) is 2.52. The van der Waals surface area contributed by atoms with Gasteiger partial charge in [-0.3, -0.25) is 0 Å². The Balaban J connectivity index is 1.91. The van der Waals surface area contributed by atoms with Gasteiger partial charge in [0.05, 0.1) is 12.5 Å². The zero-order valence-electron chi connectivity index (χ0n) is 7.73. The van der Waals surface area contributed by atoms with Crippen molar-refractivity contribution in [3.8, 4) is 0 Å². The Bertz CT molecular complexity index is 260. The maximum absolute atomic E-state index is 9.08. The number of hydrogen-bond acceptors (Lipinski definition) is 4. The van der Waals surface area contributed by atoms with E-state index in [2.05, 4.69) is 10.1 Å². The van der Waals surface area contributed by atoms with Crippen molar-refractivity contribution in [3.63, 3.8) is 0 Å². The summed E-state index contributed by atoms with van der Waals surface area (Å²) in [6.45, 7) is 1.71. The van der Waals surface area contributed by atoms with Crippen LogP contribution in [0.3, 0.4) is 0 Å². The lowest BCUT2D eigenvalue weighted by molar-refractivity contribution is 0.181. The van der Waals surface area contributed by atoms with Gasteiger partial charge in [0.15, 0.2) is 5.82 Å². The number of aliphatic hydroxyl groups excluding tert-OH is 1. The van der Waals surface area contributed by atoms with E-state index >= 15 is 0 Å². The van der Waals surface area contributed by atoms with Gasteiger partial charge in [0, 0.05) is 6.42 Å². The van der Waals surface area contributed by atoms with Crippen LogP contribution in [0.1, 0.15) is 31.5 Å². The lowest BCUT2D eigenvalue weighted by Gasteiger charge is -1.95. The predicted molar refractivity (Wildman–Crippen MR) is 46.1 cm³/mol. The fraction of sp³-hybridized carbons (Fsp3) is 0.778. The first-order valence-electron chi connectivity index (χ1n) is 4.73. The summed E-state index contributed by atoms with van der Waals surface area (Å²) in [6.07, 6.45) is 3.57. The van der Waals surface area contributed by atoms with Crippen molar-refractivity contribution in [1.29, 1.82) is 0 Å². The van der Waals surface area contributed by atoms with Crippen molar-refractivity contribution >= 4 is 0 Å². The second-order valence-corrected chi connectivity index (χ2v) is 3.80. The molecule has 1 N–H and O–H groups in total. The van der Waals surface area contributed by atoms with Gasteiger partial charge >= 0.3 is 0 Å². The molecule has 0 spiro atoms. The third-order valence-corrected chi connectivity index (χ3v) is 2.15. The number of aromatic nitrogens is 2. The first kappa shape index (κ1) is 8.69. The minimum Gasteiger partial charge on any atom is -0.393 e. The van der Waals surface area contributed by atoms with E-state index in [0.29, 0.717) is 12.3 Å². The normalized spacial score (nSPS) is 18.9. The van der Waals surface area contributed by atoms with Gasteiger partial charge in [0.2, 0.25) is 5.89 Å². The minimum atomic E-state index is -0.408. The van der Waals surface area contributed by atoms with E-state index in [1.807, 2.05) is 0 Å². The molecule has 4 nitrogen and oxygen atoms in total. The highest BCUT2D eigenvalue weighted by atomic mass is 16.5. The summed E-state index contributed by atoms with van der Waals surface area (Å²) >= 11 is 0.